The van der Waals surface area contributed by atoms with E-state index < -0.39 is 5.25 Å². The summed E-state index contributed by atoms with van der Waals surface area (Å²) in [7, 11) is 1.60. The summed E-state index contributed by atoms with van der Waals surface area (Å²) in [6.45, 7) is 6.33. The second-order valence-electron chi connectivity index (χ2n) is 7.54. The van der Waals surface area contributed by atoms with E-state index in [4.69, 9.17) is 9.73 Å². The maximum atomic E-state index is 13.2. The molecule has 8 heteroatoms. The minimum absolute atomic E-state index is 0.0624. The van der Waals surface area contributed by atoms with Gasteiger partial charge in [-0.3, -0.25) is 14.5 Å². The Morgan fingerprint density at radius 1 is 1.29 bits per heavy atom. The number of nitrogens with zero attached hydrogens (tertiary/aromatic N) is 2. The van der Waals surface area contributed by atoms with Crippen molar-refractivity contribution in [1.29, 1.82) is 0 Å². The molecule has 0 aromatic heterocycles. The number of methoxy groups -OCH3 is 1. The van der Waals surface area contributed by atoms with Crippen LogP contribution < -0.4 is 5.32 Å². The van der Waals surface area contributed by atoms with Crippen LogP contribution in [0.25, 0.3) is 0 Å². The normalized spacial score (nSPS) is 18.5. The number of para-hydroxylation sites is 1. The first-order valence-electron chi connectivity index (χ1n) is 9.99. The lowest BCUT2D eigenvalue weighted by Crippen LogP contribution is -2.42. The van der Waals surface area contributed by atoms with E-state index in [1.807, 2.05) is 57.2 Å². The van der Waals surface area contributed by atoms with Gasteiger partial charge < -0.3 is 10.1 Å². The monoisotopic (exact) mass is 503 g/mol. The molecule has 1 N–H and O–H groups in total. The van der Waals surface area contributed by atoms with E-state index in [1.54, 1.807) is 12.0 Å². The van der Waals surface area contributed by atoms with Crippen LogP contribution in [-0.4, -0.2) is 46.9 Å². The number of amides is 2. The highest BCUT2D eigenvalue weighted by atomic mass is 79.9. The van der Waals surface area contributed by atoms with Crippen molar-refractivity contribution >= 4 is 56.0 Å². The van der Waals surface area contributed by atoms with E-state index >= 15 is 0 Å². The number of nitrogens with one attached hydrogen (secondary N) is 1. The Balaban J connectivity index is 1.82. The minimum atomic E-state index is -0.536. The Labute approximate surface area is 195 Å². The number of benzene rings is 2. The zero-order valence-corrected chi connectivity index (χ0v) is 20.4. The van der Waals surface area contributed by atoms with Gasteiger partial charge in [-0.05, 0) is 60.5 Å². The summed E-state index contributed by atoms with van der Waals surface area (Å²) in [6, 6.07) is 13.2. The standard InChI is InChI=1S/C23H26BrN3O3S/c1-14-9-10-18(15(2)11-14)26-23-27(16(3)13-30-4)22(29)20(31-23)12-21(28)25-19-8-6-5-7-17(19)24/h5-11,16,20H,12-13H2,1-4H3,(H,25,28)/t16-,20+/m1/s1. The molecule has 0 aliphatic carbocycles. The first kappa shape index (κ1) is 23.5. The molecule has 2 aromatic carbocycles. The van der Waals surface area contributed by atoms with Gasteiger partial charge >= 0.3 is 0 Å². The summed E-state index contributed by atoms with van der Waals surface area (Å²) in [4.78, 5) is 32.3. The molecule has 0 saturated carbocycles. The average Bonchev–Trinajstić information content (AvgIpc) is 3.01. The molecule has 1 heterocycles. The molecule has 2 aromatic rings. The van der Waals surface area contributed by atoms with Crippen LogP contribution in [0.4, 0.5) is 11.4 Å². The highest BCUT2D eigenvalue weighted by Crippen LogP contribution is 2.34. The van der Waals surface area contributed by atoms with Gasteiger partial charge in [-0.25, -0.2) is 4.99 Å². The van der Waals surface area contributed by atoms with Crippen molar-refractivity contribution in [2.24, 2.45) is 4.99 Å². The molecule has 2 amide bonds. The fraction of sp³-hybridized carbons (Fsp3) is 0.348. The Bertz CT molecular complexity index is 1010. The smallest absolute Gasteiger partial charge is 0.243 e. The number of carbonyl (C=O) groups is 2. The molecular formula is C23H26BrN3O3S. The number of rotatable bonds is 7. The van der Waals surface area contributed by atoms with E-state index in [-0.39, 0.29) is 24.3 Å². The first-order chi connectivity index (χ1) is 14.8. The van der Waals surface area contributed by atoms with Crippen molar-refractivity contribution in [3.63, 3.8) is 0 Å². The minimum Gasteiger partial charge on any atom is -0.383 e. The van der Waals surface area contributed by atoms with Gasteiger partial charge in [-0.1, -0.05) is 41.6 Å². The summed E-state index contributed by atoms with van der Waals surface area (Å²) in [5.41, 5.74) is 3.68. The van der Waals surface area contributed by atoms with Gasteiger partial charge in [0.05, 0.1) is 24.0 Å². The van der Waals surface area contributed by atoms with Crippen LogP contribution >= 0.6 is 27.7 Å². The molecule has 1 aliphatic heterocycles. The molecule has 1 fully saturated rings. The van der Waals surface area contributed by atoms with E-state index in [2.05, 4.69) is 27.3 Å². The zero-order valence-electron chi connectivity index (χ0n) is 18.0. The number of hydrogen-bond donors (Lipinski definition) is 1. The van der Waals surface area contributed by atoms with Crippen molar-refractivity contribution in [3.8, 4) is 0 Å². The number of ether oxygens (including phenoxy) is 1. The zero-order chi connectivity index (χ0) is 22.5. The van der Waals surface area contributed by atoms with Crippen molar-refractivity contribution in [3.05, 3.63) is 58.1 Å². The van der Waals surface area contributed by atoms with Crippen LogP contribution in [0.15, 0.2) is 51.9 Å². The third kappa shape index (κ3) is 5.75. The molecule has 0 bridgehead atoms. The van der Waals surface area contributed by atoms with Crippen LogP contribution in [0, 0.1) is 13.8 Å². The van der Waals surface area contributed by atoms with Gasteiger partial charge in [0.15, 0.2) is 5.17 Å². The fourth-order valence-electron chi connectivity index (χ4n) is 3.38. The third-order valence-electron chi connectivity index (χ3n) is 4.90. The summed E-state index contributed by atoms with van der Waals surface area (Å²) < 4.78 is 6.06. The van der Waals surface area contributed by atoms with Gasteiger partial charge in [-0.2, -0.15) is 0 Å². The Morgan fingerprint density at radius 3 is 2.71 bits per heavy atom. The quantitative estimate of drug-likeness (QED) is 0.572. The van der Waals surface area contributed by atoms with Gasteiger partial charge in [-0.15, -0.1) is 0 Å². The van der Waals surface area contributed by atoms with E-state index in [0.717, 1.165) is 21.3 Å². The molecule has 1 aliphatic rings. The van der Waals surface area contributed by atoms with E-state index in [0.29, 0.717) is 17.5 Å². The van der Waals surface area contributed by atoms with Crippen LogP contribution in [0.5, 0.6) is 0 Å². The summed E-state index contributed by atoms with van der Waals surface area (Å²) in [6.07, 6.45) is 0.0624. The second-order valence-corrected chi connectivity index (χ2v) is 9.56. The molecule has 1 saturated heterocycles. The number of hydrogen-bond acceptors (Lipinski definition) is 5. The van der Waals surface area contributed by atoms with Gasteiger partial charge in [0.2, 0.25) is 11.8 Å². The molecule has 0 radical (unpaired) electrons. The number of aliphatic imine (C=N–C) groups is 1. The maximum absolute atomic E-state index is 13.2. The van der Waals surface area contributed by atoms with Crippen LogP contribution in [0.1, 0.15) is 24.5 Å². The third-order valence-corrected chi connectivity index (χ3v) is 6.75. The predicted molar refractivity (Wildman–Crippen MR) is 130 cm³/mol. The lowest BCUT2D eigenvalue weighted by molar-refractivity contribution is -0.130. The van der Waals surface area contributed by atoms with Crippen molar-refractivity contribution in [1.82, 2.24) is 4.90 Å². The number of anilines is 1. The largest absolute Gasteiger partial charge is 0.383 e. The SMILES string of the molecule is COC[C@@H](C)N1C(=O)[C@H](CC(=O)Nc2ccccc2Br)SC1=Nc1ccc(C)cc1C. The highest BCUT2D eigenvalue weighted by Gasteiger charge is 2.41. The molecule has 2 atom stereocenters. The van der Waals surface area contributed by atoms with Gasteiger partial charge in [0.25, 0.3) is 0 Å². The predicted octanol–water partition coefficient (Wildman–Crippen LogP) is 5.06. The lowest BCUT2D eigenvalue weighted by Gasteiger charge is -2.23. The average molecular weight is 504 g/mol. The highest BCUT2D eigenvalue weighted by molar-refractivity contribution is 9.10. The van der Waals surface area contributed by atoms with Gasteiger partial charge in [0, 0.05) is 18.0 Å². The number of thioether (sulfide) groups is 1. The molecule has 3 rings (SSSR count). The maximum Gasteiger partial charge on any atom is 0.243 e. The van der Waals surface area contributed by atoms with Crippen LogP contribution in [-0.2, 0) is 14.3 Å². The van der Waals surface area contributed by atoms with E-state index in [9.17, 15) is 9.59 Å². The Hall–Kier alpha value is -2.16. The molecule has 6 nitrogen and oxygen atoms in total. The number of carbonyl (C=O) groups excluding carboxylic acids is 2. The van der Waals surface area contributed by atoms with Gasteiger partial charge in [0.1, 0.15) is 5.25 Å². The lowest BCUT2D eigenvalue weighted by atomic mass is 10.1. The second kappa shape index (κ2) is 10.4. The summed E-state index contributed by atoms with van der Waals surface area (Å²) in [5, 5.41) is 2.93. The molecule has 164 valence electrons. The number of amidine groups is 1. The van der Waals surface area contributed by atoms with Crippen LogP contribution in [0.3, 0.4) is 0 Å². The topological polar surface area (TPSA) is 71.0 Å². The molecule has 0 unspecified atom stereocenters. The summed E-state index contributed by atoms with van der Waals surface area (Å²) in [5.74, 6) is -0.342. The number of halogens is 1. The van der Waals surface area contributed by atoms with Crippen molar-refractivity contribution in [2.45, 2.75) is 38.5 Å². The van der Waals surface area contributed by atoms with Crippen LogP contribution in [0.2, 0.25) is 0 Å². The fourth-order valence-corrected chi connectivity index (χ4v) is 5.00. The number of aryl methyl sites for hydroxylation is 2. The molecular weight excluding hydrogens is 478 g/mol. The molecule has 0 spiro atoms. The molecule has 31 heavy (non-hydrogen) atoms. The van der Waals surface area contributed by atoms with E-state index in [1.165, 1.54) is 11.8 Å². The first-order valence-corrected chi connectivity index (χ1v) is 11.7. The Kier molecular flexibility index (Phi) is 7.91. The Morgan fingerprint density at radius 2 is 2.03 bits per heavy atom. The van der Waals surface area contributed by atoms with Crippen molar-refractivity contribution < 1.29 is 14.3 Å². The summed E-state index contributed by atoms with van der Waals surface area (Å²) >= 11 is 4.76. The van der Waals surface area contributed by atoms with Crippen molar-refractivity contribution in [2.75, 3.05) is 19.0 Å².